The van der Waals surface area contributed by atoms with Crippen LogP contribution >= 0.6 is 11.8 Å². The van der Waals surface area contributed by atoms with Crippen LogP contribution in [0.2, 0.25) is 0 Å². The molecule has 0 N–H and O–H groups in total. The van der Waals surface area contributed by atoms with Crippen molar-refractivity contribution in [3.8, 4) is 0 Å². The molecule has 0 aliphatic carbocycles. The van der Waals surface area contributed by atoms with Crippen LogP contribution in [0, 0.1) is 13.8 Å². The van der Waals surface area contributed by atoms with Gasteiger partial charge in [0.25, 0.3) is 5.22 Å². The molecule has 0 saturated heterocycles. The van der Waals surface area contributed by atoms with Crippen molar-refractivity contribution < 1.29 is 18.4 Å². The maximum absolute atomic E-state index is 11.3. The van der Waals surface area contributed by atoms with E-state index in [9.17, 15) is 4.79 Å². The fraction of sp³-hybridized carbons (Fsp3) is 0.455. The van der Waals surface area contributed by atoms with Crippen LogP contribution in [0.15, 0.2) is 14.1 Å². The molecule has 0 bridgehead atoms. The number of aromatic nitrogens is 3. The number of carbonyl (C=O) groups excluding carboxylic acids is 1. The van der Waals surface area contributed by atoms with E-state index in [0.717, 1.165) is 11.5 Å². The van der Waals surface area contributed by atoms with Crippen LogP contribution in [-0.4, -0.2) is 27.8 Å². The molecule has 0 unspecified atom stereocenters. The monoisotopic (exact) mass is 283 g/mol. The molecule has 0 aromatic carbocycles. The van der Waals surface area contributed by atoms with Crippen LogP contribution in [0.4, 0.5) is 0 Å². The van der Waals surface area contributed by atoms with Crippen molar-refractivity contribution in [1.82, 2.24) is 15.2 Å². The Morgan fingerprint density at radius 1 is 1.32 bits per heavy atom. The molecule has 0 spiro atoms. The highest BCUT2D eigenvalue weighted by Crippen LogP contribution is 2.22. The second kappa shape index (κ2) is 5.87. The van der Waals surface area contributed by atoms with Gasteiger partial charge in [-0.25, -0.2) is 9.78 Å². The van der Waals surface area contributed by atoms with E-state index >= 15 is 0 Å². The molecule has 0 saturated carbocycles. The van der Waals surface area contributed by atoms with Gasteiger partial charge in [-0.3, -0.25) is 0 Å². The summed E-state index contributed by atoms with van der Waals surface area (Å²) in [6, 6.07) is 0. The lowest BCUT2D eigenvalue weighted by molar-refractivity contribution is 0.0475. The first kappa shape index (κ1) is 13.6. The summed E-state index contributed by atoms with van der Waals surface area (Å²) < 4.78 is 15.3. The third kappa shape index (κ3) is 3.34. The number of ether oxygens (including phenoxy) is 1. The molecule has 2 aromatic rings. The van der Waals surface area contributed by atoms with Gasteiger partial charge >= 0.3 is 11.9 Å². The quantitative estimate of drug-likeness (QED) is 0.609. The first-order valence-corrected chi connectivity index (χ1v) is 6.65. The minimum atomic E-state index is -0.621. The number of thioether (sulfide) groups is 1. The molecule has 0 amide bonds. The Kier molecular flexibility index (Phi) is 4.20. The normalized spacial score (nSPS) is 10.7. The molecule has 2 rings (SSSR count). The van der Waals surface area contributed by atoms with Gasteiger partial charge in [0, 0.05) is 0 Å². The van der Waals surface area contributed by atoms with Gasteiger partial charge in [-0.15, -0.1) is 5.10 Å². The zero-order valence-electron chi connectivity index (χ0n) is 10.8. The third-order valence-electron chi connectivity index (χ3n) is 2.25. The fourth-order valence-electron chi connectivity index (χ4n) is 1.27. The van der Waals surface area contributed by atoms with Gasteiger partial charge in [0.1, 0.15) is 5.76 Å². The van der Waals surface area contributed by atoms with Crippen molar-refractivity contribution >= 4 is 17.7 Å². The summed E-state index contributed by atoms with van der Waals surface area (Å²) in [4.78, 5) is 15.5. The standard InChI is InChI=1S/C11H13N3O4S/c1-4-16-10(15)9-13-14-11(18-9)19-5-8-12-6(2)7(3)17-8/h4-5H2,1-3H3. The van der Waals surface area contributed by atoms with Gasteiger partial charge in [-0.05, 0) is 20.8 Å². The molecule has 0 aliphatic rings. The Morgan fingerprint density at radius 2 is 2.11 bits per heavy atom. The summed E-state index contributed by atoms with van der Waals surface area (Å²) in [7, 11) is 0. The van der Waals surface area contributed by atoms with Crippen molar-refractivity contribution in [2.75, 3.05) is 6.61 Å². The summed E-state index contributed by atoms with van der Waals surface area (Å²) in [6.45, 7) is 5.69. The van der Waals surface area contributed by atoms with Gasteiger partial charge in [0.05, 0.1) is 18.1 Å². The van der Waals surface area contributed by atoms with Gasteiger partial charge in [-0.1, -0.05) is 16.9 Å². The zero-order valence-corrected chi connectivity index (χ0v) is 11.6. The van der Waals surface area contributed by atoms with E-state index in [1.54, 1.807) is 6.92 Å². The van der Waals surface area contributed by atoms with E-state index in [0.29, 0.717) is 11.6 Å². The highest BCUT2D eigenvalue weighted by Gasteiger charge is 2.16. The summed E-state index contributed by atoms with van der Waals surface area (Å²) in [5, 5.41) is 7.62. The second-order valence-electron chi connectivity index (χ2n) is 3.63. The van der Waals surface area contributed by atoms with Crippen LogP contribution in [0.1, 0.15) is 35.0 Å². The van der Waals surface area contributed by atoms with Crippen molar-refractivity contribution in [3.05, 3.63) is 23.2 Å². The van der Waals surface area contributed by atoms with E-state index < -0.39 is 5.97 Å². The average Bonchev–Trinajstić information content (AvgIpc) is 2.95. The Bertz CT molecular complexity index is 559. The topological polar surface area (TPSA) is 91.2 Å². The number of rotatable bonds is 5. The summed E-state index contributed by atoms with van der Waals surface area (Å²) in [5.41, 5.74) is 0.855. The SMILES string of the molecule is CCOC(=O)c1nnc(SCc2nc(C)c(C)o2)o1. The van der Waals surface area contributed by atoms with Crippen molar-refractivity contribution in [3.63, 3.8) is 0 Å². The van der Waals surface area contributed by atoms with Crippen molar-refractivity contribution in [2.24, 2.45) is 0 Å². The van der Waals surface area contributed by atoms with E-state index in [1.165, 1.54) is 11.8 Å². The summed E-state index contributed by atoms with van der Waals surface area (Å²) in [6.07, 6.45) is 0. The van der Waals surface area contributed by atoms with E-state index in [-0.39, 0.29) is 17.7 Å². The molecular formula is C11H13N3O4S. The molecule has 0 fully saturated rings. The van der Waals surface area contributed by atoms with Crippen molar-refractivity contribution in [1.29, 1.82) is 0 Å². The molecule has 0 aliphatic heterocycles. The minimum Gasteiger partial charge on any atom is -0.459 e. The highest BCUT2D eigenvalue weighted by atomic mass is 32.2. The maximum Gasteiger partial charge on any atom is 0.396 e. The Labute approximate surface area is 113 Å². The molecule has 19 heavy (non-hydrogen) atoms. The number of hydrogen-bond donors (Lipinski definition) is 0. The smallest absolute Gasteiger partial charge is 0.396 e. The van der Waals surface area contributed by atoms with Crippen molar-refractivity contribution in [2.45, 2.75) is 31.7 Å². The van der Waals surface area contributed by atoms with Crippen LogP contribution in [0.25, 0.3) is 0 Å². The third-order valence-corrected chi connectivity index (χ3v) is 3.05. The first-order chi connectivity index (χ1) is 9.10. The second-order valence-corrected chi connectivity index (χ2v) is 4.56. The molecule has 2 aromatic heterocycles. The summed E-state index contributed by atoms with van der Waals surface area (Å²) >= 11 is 1.25. The zero-order chi connectivity index (χ0) is 13.8. The number of nitrogens with zero attached hydrogens (tertiary/aromatic N) is 3. The lowest BCUT2D eigenvalue weighted by Gasteiger charge is -1.94. The largest absolute Gasteiger partial charge is 0.459 e. The molecule has 7 nitrogen and oxygen atoms in total. The molecule has 2 heterocycles. The minimum absolute atomic E-state index is 0.149. The molecular weight excluding hydrogens is 270 g/mol. The lowest BCUT2D eigenvalue weighted by Crippen LogP contribution is -2.04. The number of esters is 1. The predicted octanol–water partition coefficient (Wildman–Crippen LogP) is 2.14. The summed E-state index contributed by atoms with van der Waals surface area (Å²) in [5.74, 6) is 1.05. The van der Waals surface area contributed by atoms with Gasteiger partial charge in [0.15, 0.2) is 0 Å². The van der Waals surface area contributed by atoms with Gasteiger partial charge in [-0.2, -0.15) is 0 Å². The highest BCUT2D eigenvalue weighted by molar-refractivity contribution is 7.98. The fourth-order valence-corrected chi connectivity index (χ4v) is 1.87. The van der Waals surface area contributed by atoms with Crippen LogP contribution in [0.5, 0.6) is 0 Å². The number of oxazole rings is 1. The van der Waals surface area contributed by atoms with E-state index in [1.807, 2.05) is 13.8 Å². The first-order valence-electron chi connectivity index (χ1n) is 5.66. The number of hydrogen-bond acceptors (Lipinski definition) is 8. The van der Waals surface area contributed by atoms with Crippen LogP contribution < -0.4 is 0 Å². The Balaban J connectivity index is 1.95. The van der Waals surface area contributed by atoms with Crippen LogP contribution in [0.3, 0.4) is 0 Å². The Morgan fingerprint density at radius 3 is 2.74 bits per heavy atom. The Hall–Kier alpha value is -1.83. The number of aryl methyl sites for hydroxylation is 2. The van der Waals surface area contributed by atoms with E-state index in [2.05, 4.69) is 15.2 Å². The lowest BCUT2D eigenvalue weighted by atomic mass is 10.4. The molecule has 8 heteroatoms. The predicted molar refractivity (Wildman–Crippen MR) is 65.8 cm³/mol. The van der Waals surface area contributed by atoms with Crippen LogP contribution in [-0.2, 0) is 10.5 Å². The van der Waals surface area contributed by atoms with E-state index in [4.69, 9.17) is 13.6 Å². The molecule has 0 atom stereocenters. The maximum atomic E-state index is 11.3. The molecule has 0 radical (unpaired) electrons. The average molecular weight is 283 g/mol. The van der Waals surface area contributed by atoms with Gasteiger partial charge < -0.3 is 13.6 Å². The number of carbonyl (C=O) groups is 1. The van der Waals surface area contributed by atoms with Gasteiger partial charge in [0.2, 0.25) is 5.89 Å². The molecule has 102 valence electrons.